The van der Waals surface area contributed by atoms with E-state index >= 15 is 0 Å². The zero-order valence-corrected chi connectivity index (χ0v) is 18.9. The van der Waals surface area contributed by atoms with Gasteiger partial charge in [-0.3, -0.25) is 4.79 Å². The lowest BCUT2D eigenvalue weighted by molar-refractivity contribution is -0.120. The third-order valence-corrected chi connectivity index (χ3v) is 6.07. The van der Waals surface area contributed by atoms with Crippen LogP contribution in [0.5, 0.6) is 5.75 Å². The molecule has 0 bridgehead atoms. The normalized spacial score (nSPS) is 16.0. The maximum atomic E-state index is 13.4. The molecular formula is C25H24FN5O3. The first kappa shape index (κ1) is 21.8. The van der Waals surface area contributed by atoms with Crippen LogP contribution in [0.2, 0.25) is 0 Å². The monoisotopic (exact) mass is 461 g/mol. The van der Waals surface area contributed by atoms with E-state index < -0.39 is 0 Å². The van der Waals surface area contributed by atoms with E-state index in [-0.39, 0.29) is 17.6 Å². The van der Waals surface area contributed by atoms with E-state index in [0.717, 1.165) is 24.9 Å². The number of nitrogens with one attached hydrogen (secondary N) is 1. The van der Waals surface area contributed by atoms with Crippen molar-refractivity contribution in [3.05, 3.63) is 60.2 Å². The molecule has 34 heavy (non-hydrogen) atoms. The summed E-state index contributed by atoms with van der Waals surface area (Å²) in [7, 11) is 1.58. The summed E-state index contributed by atoms with van der Waals surface area (Å²) in [6.07, 6.45) is 3.02. The average molecular weight is 461 g/mol. The Balaban J connectivity index is 1.42. The number of piperidine rings is 1. The number of hydrogen-bond acceptors (Lipinski definition) is 7. The quantitative estimate of drug-likeness (QED) is 0.464. The summed E-state index contributed by atoms with van der Waals surface area (Å²) in [6.45, 7) is 3.19. The molecular weight excluding hydrogens is 437 g/mol. The van der Waals surface area contributed by atoms with Crippen LogP contribution in [0.25, 0.3) is 22.4 Å². The molecule has 0 saturated carbocycles. The number of hydrogen-bond donors (Lipinski definition) is 1. The average Bonchev–Trinajstić information content (AvgIpc) is 3.29. The van der Waals surface area contributed by atoms with Crippen LogP contribution in [0.15, 0.2) is 53.3 Å². The summed E-state index contributed by atoms with van der Waals surface area (Å²) >= 11 is 0. The number of carbonyl (C=O) groups excluding carboxylic acids is 1. The smallest absolute Gasteiger partial charge is 0.263 e. The van der Waals surface area contributed by atoms with Crippen molar-refractivity contribution in [3.8, 4) is 17.0 Å². The number of fused-ring (bicyclic) bond motifs is 1. The van der Waals surface area contributed by atoms with Crippen molar-refractivity contribution in [2.24, 2.45) is 5.92 Å². The van der Waals surface area contributed by atoms with Crippen LogP contribution in [0.4, 0.5) is 15.9 Å². The molecule has 0 aliphatic carbocycles. The van der Waals surface area contributed by atoms with E-state index in [9.17, 15) is 9.18 Å². The SMILES string of the molecule is COc1ccc(C)cc1NC(=O)[C@@H]1CCCN(c2ncnc3onc(-c4ccc(F)cc4)c23)C1. The van der Waals surface area contributed by atoms with Crippen molar-refractivity contribution in [1.82, 2.24) is 15.1 Å². The summed E-state index contributed by atoms with van der Waals surface area (Å²) < 4.78 is 24.3. The number of amides is 1. The van der Waals surface area contributed by atoms with Gasteiger partial charge in [-0.15, -0.1) is 0 Å². The zero-order chi connectivity index (χ0) is 23.7. The maximum absolute atomic E-state index is 13.4. The molecule has 5 rings (SSSR count). The summed E-state index contributed by atoms with van der Waals surface area (Å²) in [5.74, 6) is 0.637. The fourth-order valence-corrected chi connectivity index (χ4v) is 4.35. The summed E-state index contributed by atoms with van der Waals surface area (Å²) in [4.78, 5) is 23.9. The number of benzene rings is 2. The molecule has 0 spiro atoms. The van der Waals surface area contributed by atoms with E-state index in [2.05, 4.69) is 25.3 Å². The number of carbonyl (C=O) groups is 1. The Labute approximate surface area is 195 Å². The van der Waals surface area contributed by atoms with Crippen molar-refractivity contribution in [3.63, 3.8) is 0 Å². The van der Waals surface area contributed by atoms with Crippen molar-refractivity contribution in [1.29, 1.82) is 0 Å². The molecule has 1 aliphatic rings. The van der Waals surface area contributed by atoms with Gasteiger partial charge in [-0.05, 0) is 61.7 Å². The second-order valence-electron chi connectivity index (χ2n) is 8.39. The lowest BCUT2D eigenvalue weighted by atomic mass is 9.96. The topological polar surface area (TPSA) is 93.4 Å². The van der Waals surface area contributed by atoms with Crippen molar-refractivity contribution in [2.45, 2.75) is 19.8 Å². The number of methoxy groups -OCH3 is 1. The Bertz CT molecular complexity index is 1340. The molecule has 1 amide bonds. The van der Waals surface area contributed by atoms with Crippen molar-refractivity contribution >= 4 is 28.5 Å². The lowest BCUT2D eigenvalue weighted by Crippen LogP contribution is -2.41. The van der Waals surface area contributed by atoms with Gasteiger partial charge in [-0.25, -0.2) is 9.37 Å². The van der Waals surface area contributed by atoms with Gasteiger partial charge in [0.25, 0.3) is 5.71 Å². The summed E-state index contributed by atoms with van der Waals surface area (Å²) in [5.41, 5.74) is 3.29. The Morgan fingerprint density at radius 3 is 2.82 bits per heavy atom. The fourth-order valence-electron chi connectivity index (χ4n) is 4.35. The van der Waals surface area contributed by atoms with Crippen LogP contribution in [0, 0.1) is 18.7 Å². The standard InChI is InChI=1S/C25H24FN5O3/c1-15-5-10-20(33-2)19(12-15)29-24(32)17-4-3-11-31(13-17)23-21-22(16-6-8-18(26)9-7-16)30-34-25(21)28-14-27-23/h5-10,12,14,17H,3-4,11,13H2,1-2H3,(H,29,32)/t17-/m1/s1. The number of ether oxygens (including phenoxy) is 1. The first-order chi connectivity index (χ1) is 16.5. The van der Waals surface area contributed by atoms with Gasteiger partial charge in [0, 0.05) is 18.7 Å². The van der Waals surface area contributed by atoms with Gasteiger partial charge in [0.2, 0.25) is 5.91 Å². The Hall–Kier alpha value is -4.01. The second-order valence-corrected chi connectivity index (χ2v) is 8.39. The molecule has 4 aromatic rings. The molecule has 1 aliphatic heterocycles. The number of aryl methyl sites for hydroxylation is 1. The van der Waals surface area contributed by atoms with Crippen LogP contribution in [-0.4, -0.2) is 41.2 Å². The predicted octanol–water partition coefficient (Wildman–Crippen LogP) is 4.60. The summed E-state index contributed by atoms with van der Waals surface area (Å²) in [5, 5.41) is 7.85. The van der Waals surface area contributed by atoms with Crippen LogP contribution in [0.3, 0.4) is 0 Å². The Kier molecular flexibility index (Phi) is 5.83. The summed E-state index contributed by atoms with van der Waals surface area (Å²) in [6, 6.07) is 11.7. The van der Waals surface area contributed by atoms with Crippen LogP contribution in [-0.2, 0) is 4.79 Å². The van der Waals surface area contributed by atoms with E-state index in [1.54, 1.807) is 19.2 Å². The Morgan fingerprint density at radius 2 is 2.03 bits per heavy atom. The van der Waals surface area contributed by atoms with Crippen molar-refractivity contribution in [2.75, 3.05) is 30.4 Å². The van der Waals surface area contributed by atoms with Crippen molar-refractivity contribution < 1.29 is 18.4 Å². The third kappa shape index (κ3) is 4.16. The molecule has 2 aromatic heterocycles. The van der Waals surface area contributed by atoms with E-state index in [0.29, 0.717) is 46.2 Å². The highest BCUT2D eigenvalue weighted by molar-refractivity contribution is 5.98. The van der Waals surface area contributed by atoms with Gasteiger partial charge >= 0.3 is 0 Å². The first-order valence-electron chi connectivity index (χ1n) is 11.1. The number of halogens is 1. The molecule has 2 aromatic carbocycles. The van der Waals surface area contributed by atoms with Gasteiger partial charge in [0.15, 0.2) is 0 Å². The molecule has 9 heteroatoms. The highest BCUT2D eigenvalue weighted by atomic mass is 19.1. The molecule has 1 N–H and O–H groups in total. The van der Waals surface area contributed by atoms with Gasteiger partial charge in [0.05, 0.1) is 18.7 Å². The molecule has 0 unspecified atom stereocenters. The van der Waals surface area contributed by atoms with E-state index in [4.69, 9.17) is 9.26 Å². The van der Waals surface area contributed by atoms with E-state index in [1.807, 2.05) is 25.1 Å². The second kappa shape index (κ2) is 9.09. The minimum Gasteiger partial charge on any atom is -0.495 e. The van der Waals surface area contributed by atoms with Crippen LogP contribution >= 0.6 is 0 Å². The third-order valence-electron chi connectivity index (χ3n) is 6.07. The highest BCUT2D eigenvalue weighted by Gasteiger charge is 2.30. The minimum atomic E-state index is -0.330. The lowest BCUT2D eigenvalue weighted by Gasteiger charge is -2.33. The largest absolute Gasteiger partial charge is 0.495 e. The minimum absolute atomic E-state index is 0.0667. The maximum Gasteiger partial charge on any atom is 0.263 e. The zero-order valence-electron chi connectivity index (χ0n) is 18.9. The number of aromatic nitrogens is 3. The van der Waals surface area contributed by atoms with Gasteiger partial charge in [0.1, 0.15) is 34.8 Å². The highest BCUT2D eigenvalue weighted by Crippen LogP contribution is 2.35. The number of nitrogens with zero attached hydrogens (tertiary/aromatic N) is 4. The fraction of sp³-hybridized carbons (Fsp3) is 0.280. The van der Waals surface area contributed by atoms with Gasteiger partial charge in [-0.2, -0.15) is 4.98 Å². The molecule has 1 fully saturated rings. The van der Waals surface area contributed by atoms with Crippen LogP contribution < -0.4 is 15.0 Å². The predicted molar refractivity (Wildman–Crippen MR) is 126 cm³/mol. The number of rotatable bonds is 5. The molecule has 1 saturated heterocycles. The molecule has 0 radical (unpaired) electrons. The van der Waals surface area contributed by atoms with Gasteiger partial charge in [-0.1, -0.05) is 11.2 Å². The first-order valence-corrected chi connectivity index (χ1v) is 11.1. The van der Waals surface area contributed by atoms with E-state index in [1.165, 1.54) is 18.5 Å². The Morgan fingerprint density at radius 1 is 1.21 bits per heavy atom. The van der Waals surface area contributed by atoms with Gasteiger partial charge < -0.3 is 19.5 Å². The molecule has 8 nitrogen and oxygen atoms in total. The number of anilines is 2. The van der Waals surface area contributed by atoms with Crippen LogP contribution in [0.1, 0.15) is 18.4 Å². The molecule has 174 valence electrons. The molecule has 1 atom stereocenters. The molecule has 3 heterocycles.